The van der Waals surface area contributed by atoms with Crippen molar-refractivity contribution in [1.29, 1.82) is 0 Å². The average molecular weight is 435 g/mol. The van der Waals surface area contributed by atoms with Gasteiger partial charge in [-0.05, 0) is 48.5 Å². The van der Waals surface area contributed by atoms with Crippen LogP contribution in [0.15, 0.2) is 105 Å². The van der Waals surface area contributed by atoms with Crippen LogP contribution in [0.25, 0.3) is 27.9 Å². The Balaban J connectivity index is 1.62. The fraction of sp³-hybridized carbons (Fsp3) is 0. The van der Waals surface area contributed by atoms with Crippen LogP contribution in [-0.2, 0) is 0 Å². The van der Waals surface area contributed by atoms with E-state index >= 15 is 0 Å². The van der Waals surface area contributed by atoms with Gasteiger partial charge in [0.25, 0.3) is 0 Å². The molecule has 3 aromatic carbocycles. The second-order valence-corrected chi connectivity index (χ2v) is 7.31. The SMILES string of the molecule is O=C(O)c1ccc(N=Cc2cn(-c3ccccc3)nc2-c2cc3ccccc3oc2=O)cc1. The maximum Gasteiger partial charge on any atom is 0.345 e. The molecule has 0 amide bonds. The number of carbonyl (C=O) groups is 1. The van der Waals surface area contributed by atoms with Gasteiger partial charge in [0.05, 0.1) is 22.5 Å². The lowest BCUT2D eigenvalue weighted by atomic mass is 10.1. The molecular weight excluding hydrogens is 418 g/mol. The predicted molar refractivity (Wildman–Crippen MR) is 126 cm³/mol. The monoisotopic (exact) mass is 435 g/mol. The Morgan fingerprint density at radius 3 is 2.45 bits per heavy atom. The Morgan fingerprint density at radius 1 is 0.970 bits per heavy atom. The van der Waals surface area contributed by atoms with Crippen molar-refractivity contribution in [2.45, 2.75) is 0 Å². The molecule has 5 aromatic rings. The summed E-state index contributed by atoms with van der Waals surface area (Å²) in [5, 5.41) is 14.5. The van der Waals surface area contributed by atoms with Crippen LogP contribution in [0.4, 0.5) is 5.69 Å². The number of para-hydroxylation sites is 2. The second-order valence-electron chi connectivity index (χ2n) is 7.31. The molecule has 0 saturated carbocycles. The van der Waals surface area contributed by atoms with Crippen LogP contribution >= 0.6 is 0 Å². The molecule has 0 saturated heterocycles. The molecule has 0 aliphatic heterocycles. The third-order valence-electron chi connectivity index (χ3n) is 5.13. The van der Waals surface area contributed by atoms with Gasteiger partial charge >= 0.3 is 11.6 Å². The maximum absolute atomic E-state index is 12.8. The second kappa shape index (κ2) is 8.39. The first kappa shape index (κ1) is 20.1. The van der Waals surface area contributed by atoms with E-state index in [0.717, 1.165) is 11.1 Å². The van der Waals surface area contributed by atoms with Gasteiger partial charge in [0.2, 0.25) is 0 Å². The van der Waals surface area contributed by atoms with Crippen LogP contribution in [0.2, 0.25) is 0 Å². The highest BCUT2D eigenvalue weighted by molar-refractivity contribution is 5.92. The molecule has 160 valence electrons. The quantitative estimate of drug-likeness (QED) is 0.306. The van der Waals surface area contributed by atoms with Gasteiger partial charge in [0.15, 0.2) is 0 Å². The molecule has 33 heavy (non-hydrogen) atoms. The van der Waals surface area contributed by atoms with Crippen LogP contribution in [0.3, 0.4) is 0 Å². The first-order valence-electron chi connectivity index (χ1n) is 10.1. The number of hydrogen-bond acceptors (Lipinski definition) is 5. The number of rotatable bonds is 5. The van der Waals surface area contributed by atoms with Crippen LogP contribution in [0, 0.1) is 0 Å². The van der Waals surface area contributed by atoms with E-state index < -0.39 is 11.6 Å². The number of hydrogen-bond donors (Lipinski definition) is 1. The third kappa shape index (κ3) is 4.07. The number of aliphatic imine (C=N–C) groups is 1. The average Bonchev–Trinajstić information content (AvgIpc) is 3.27. The molecule has 0 atom stereocenters. The number of nitrogens with zero attached hydrogens (tertiary/aromatic N) is 3. The summed E-state index contributed by atoms with van der Waals surface area (Å²) < 4.78 is 7.19. The summed E-state index contributed by atoms with van der Waals surface area (Å²) in [5.74, 6) is -1.00. The van der Waals surface area contributed by atoms with Crippen molar-refractivity contribution in [3.8, 4) is 16.9 Å². The van der Waals surface area contributed by atoms with Crippen molar-refractivity contribution >= 4 is 28.8 Å². The summed E-state index contributed by atoms with van der Waals surface area (Å²) in [4.78, 5) is 28.3. The van der Waals surface area contributed by atoms with Gasteiger partial charge in [-0.3, -0.25) is 4.99 Å². The summed E-state index contributed by atoms with van der Waals surface area (Å²) in [6, 6.07) is 24.8. The normalized spacial score (nSPS) is 11.3. The summed E-state index contributed by atoms with van der Waals surface area (Å²) in [5.41, 5.74) is 2.97. The molecule has 5 rings (SSSR count). The Morgan fingerprint density at radius 2 is 1.70 bits per heavy atom. The molecule has 0 aliphatic carbocycles. The largest absolute Gasteiger partial charge is 0.478 e. The zero-order valence-corrected chi connectivity index (χ0v) is 17.3. The minimum Gasteiger partial charge on any atom is -0.478 e. The van der Waals surface area contributed by atoms with Gasteiger partial charge in [-0.25, -0.2) is 14.3 Å². The Bertz CT molecular complexity index is 1550. The molecule has 0 spiro atoms. The first-order valence-corrected chi connectivity index (χ1v) is 10.1. The zero-order chi connectivity index (χ0) is 22.8. The summed E-state index contributed by atoms with van der Waals surface area (Å²) >= 11 is 0. The lowest BCUT2D eigenvalue weighted by Gasteiger charge is -2.01. The van der Waals surface area contributed by atoms with Crippen molar-refractivity contribution in [1.82, 2.24) is 9.78 Å². The number of carboxylic acids is 1. The van der Waals surface area contributed by atoms with Crippen LogP contribution in [-0.4, -0.2) is 27.1 Å². The fourth-order valence-electron chi connectivity index (χ4n) is 3.47. The summed E-state index contributed by atoms with van der Waals surface area (Å²) in [6.45, 7) is 0. The molecule has 0 bridgehead atoms. The van der Waals surface area contributed by atoms with Gasteiger partial charge in [-0.1, -0.05) is 36.4 Å². The highest BCUT2D eigenvalue weighted by Crippen LogP contribution is 2.24. The van der Waals surface area contributed by atoms with Crippen LogP contribution < -0.4 is 5.63 Å². The molecule has 0 aliphatic rings. The fourth-order valence-corrected chi connectivity index (χ4v) is 3.47. The van der Waals surface area contributed by atoms with E-state index in [1.807, 2.05) is 48.5 Å². The van der Waals surface area contributed by atoms with Gasteiger partial charge < -0.3 is 9.52 Å². The van der Waals surface area contributed by atoms with E-state index in [4.69, 9.17) is 9.52 Å². The van der Waals surface area contributed by atoms with E-state index in [9.17, 15) is 9.59 Å². The molecule has 0 radical (unpaired) electrons. The zero-order valence-electron chi connectivity index (χ0n) is 17.3. The van der Waals surface area contributed by atoms with Crippen LogP contribution in [0.5, 0.6) is 0 Å². The molecule has 2 aromatic heterocycles. The lowest BCUT2D eigenvalue weighted by molar-refractivity contribution is 0.0697. The third-order valence-corrected chi connectivity index (χ3v) is 5.13. The number of aromatic nitrogens is 2. The van der Waals surface area contributed by atoms with Crippen molar-refractivity contribution in [2.24, 2.45) is 4.99 Å². The molecular formula is C26H17N3O4. The van der Waals surface area contributed by atoms with E-state index in [0.29, 0.717) is 28.1 Å². The molecule has 1 N–H and O–H groups in total. The van der Waals surface area contributed by atoms with Crippen molar-refractivity contribution < 1.29 is 14.3 Å². The van der Waals surface area contributed by atoms with Gasteiger partial charge in [-0.15, -0.1) is 0 Å². The van der Waals surface area contributed by atoms with E-state index in [-0.39, 0.29) is 5.56 Å². The molecule has 0 unspecified atom stereocenters. The molecule has 7 heteroatoms. The predicted octanol–water partition coefficient (Wildman–Crippen LogP) is 5.09. The van der Waals surface area contributed by atoms with E-state index in [1.54, 1.807) is 41.4 Å². The number of benzene rings is 3. The summed E-state index contributed by atoms with van der Waals surface area (Å²) in [7, 11) is 0. The topological polar surface area (TPSA) is 97.7 Å². The highest BCUT2D eigenvalue weighted by Gasteiger charge is 2.16. The van der Waals surface area contributed by atoms with E-state index in [1.165, 1.54) is 12.1 Å². The van der Waals surface area contributed by atoms with Crippen molar-refractivity contribution in [2.75, 3.05) is 0 Å². The summed E-state index contributed by atoms with van der Waals surface area (Å²) in [6.07, 6.45) is 3.39. The standard InChI is InChI=1S/C26H17N3O4/c30-25(31)17-10-12-20(13-11-17)27-15-19-16-29(21-7-2-1-3-8-21)28-24(19)22-14-18-6-4-5-9-23(18)33-26(22)32/h1-16H,(H,30,31). The Labute approximate surface area is 187 Å². The number of aromatic carboxylic acids is 1. The molecule has 7 nitrogen and oxygen atoms in total. The van der Waals surface area contributed by atoms with Crippen LogP contribution in [0.1, 0.15) is 15.9 Å². The first-order chi connectivity index (χ1) is 16.1. The molecule has 0 fully saturated rings. The van der Waals surface area contributed by atoms with E-state index in [2.05, 4.69) is 10.1 Å². The van der Waals surface area contributed by atoms with Gasteiger partial charge in [-0.2, -0.15) is 5.10 Å². The number of fused-ring (bicyclic) bond motifs is 1. The minimum absolute atomic E-state index is 0.181. The smallest absolute Gasteiger partial charge is 0.345 e. The minimum atomic E-state index is -1.00. The molecule has 2 heterocycles. The lowest BCUT2D eigenvalue weighted by Crippen LogP contribution is -2.05. The number of carboxylic acid groups (broad SMARTS) is 1. The van der Waals surface area contributed by atoms with Crippen molar-refractivity contribution in [3.05, 3.63) is 113 Å². The maximum atomic E-state index is 12.8. The van der Waals surface area contributed by atoms with Gasteiger partial charge in [0, 0.05) is 23.4 Å². The Kier molecular flexibility index (Phi) is 5.12. The Hall–Kier alpha value is -4.78. The van der Waals surface area contributed by atoms with Crippen molar-refractivity contribution in [3.63, 3.8) is 0 Å². The highest BCUT2D eigenvalue weighted by atomic mass is 16.4. The van der Waals surface area contributed by atoms with Gasteiger partial charge in [0.1, 0.15) is 11.3 Å².